The summed E-state index contributed by atoms with van der Waals surface area (Å²) in [6.45, 7) is -2.59. The second-order valence-corrected chi connectivity index (χ2v) is 6.58. The molecule has 1 atom stereocenters. The molecule has 1 aliphatic heterocycles. The topological polar surface area (TPSA) is 76.7 Å². The van der Waals surface area contributed by atoms with Crippen molar-refractivity contribution in [1.29, 1.82) is 0 Å². The average molecular weight is 368 g/mol. The zero-order valence-corrected chi connectivity index (χ0v) is 14.3. The molecule has 1 saturated carbocycles. The minimum atomic E-state index is -2.97. The van der Waals surface area contributed by atoms with Crippen LogP contribution in [0.1, 0.15) is 48.9 Å². The van der Waals surface area contributed by atoms with Gasteiger partial charge in [-0.05, 0) is 50.3 Å². The van der Waals surface area contributed by atoms with Crippen molar-refractivity contribution in [3.63, 3.8) is 0 Å². The Morgan fingerprint density at radius 1 is 1.19 bits per heavy atom. The third-order valence-electron chi connectivity index (χ3n) is 4.62. The van der Waals surface area contributed by atoms with Crippen molar-refractivity contribution >= 4 is 11.8 Å². The summed E-state index contributed by atoms with van der Waals surface area (Å²) in [5.74, 6) is -0.294. The summed E-state index contributed by atoms with van der Waals surface area (Å²) in [5.41, 5.74) is 0.302. The lowest BCUT2D eigenvalue weighted by Gasteiger charge is -2.23. The normalized spacial score (nSPS) is 20.7. The quantitative estimate of drug-likeness (QED) is 0.809. The lowest BCUT2D eigenvalue weighted by atomic mass is 10.1. The number of nitrogens with one attached hydrogen (secondary N) is 2. The van der Waals surface area contributed by atoms with Gasteiger partial charge in [-0.2, -0.15) is 8.78 Å². The molecule has 3 rings (SSSR count). The molecule has 6 nitrogen and oxygen atoms in total. The number of piperidine rings is 1. The van der Waals surface area contributed by atoms with Gasteiger partial charge >= 0.3 is 6.61 Å². The Morgan fingerprint density at radius 3 is 2.62 bits per heavy atom. The van der Waals surface area contributed by atoms with Crippen molar-refractivity contribution in [2.75, 3.05) is 6.54 Å². The van der Waals surface area contributed by atoms with E-state index in [0.717, 1.165) is 25.7 Å². The summed E-state index contributed by atoms with van der Waals surface area (Å²) in [6.07, 6.45) is 4.64. The maximum Gasteiger partial charge on any atom is 0.387 e. The first-order valence-electron chi connectivity index (χ1n) is 8.84. The van der Waals surface area contributed by atoms with Crippen LogP contribution in [0.3, 0.4) is 0 Å². The summed E-state index contributed by atoms with van der Waals surface area (Å²) < 4.78 is 35.6. The third kappa shape index (κ3) is 4.83. The van der Waals surface area contributed by atoms with Crippen molar-refractivity contribution in [2.24, 2.45) is 0 Å². The van der Waals surface area contributed by atoms with Crippen molar-refractivity contribution in [2.45, 2.75) is 57.3 Å². The number of halogens is 2. The monoisotopic (exact) mass is 368 g/mol. The van der Waals surface area contributed by atoms with E-state index in [1.807, 2.05) is 0 Å². The molecule has 0 unspecified atom stereocenters. The highest BCUT2D eigenvalue weighted by Crippen LogP contribution is 2.33. The van der Waals surface area contributed by atoms with Crippen molar-refractivity contribution in [1.82, 2.24) is 10.6 Å². The Morgan fingerprint density at radius 2 is 1.96 bits per heavy atom. The fourth-order valence-electron chi connectivity index (χ4n) is 3.25. The minimum Gasteiger partial charge on any atom is -0.487 e. The molecule has 1 aromatic carbocycles. The van der Waals surface area contributed by atoms with Crippen LogP contribution in [0.5, 0.6) is 11.5 Å². The molecule has 0 bridgehead atoms. The Kier molecular flexibility index (Phi) is 5.90. The molecule has 0 aromatic heterocycles. The molecule has 1 heterocycles. The second-order valence-electron chi connectivity index (χ2n) is 6.58. The van der Waals surface area contributed by atoms with Crippen LogP contribution < -0.4 is 20.1 Å². The van der Waals surface area contributed by atoms with Crippen LogP contribution in [0.2, 0.25) is 0 Å². The van der Waals surface area contributed by atoms with E-state index >= 15 is 0 Å². The van der Waals surface area contributed by atoms with E-state index in [1.54, 1.807) is 0 Å². The number of carbonyl (C=O) groups is 2. The number of alkyl halides is 2. The van der Waals surface area contributed by atoms with Crippen LogP contribution in [0.15, 0.2) is 18.2 Å². The van der Waals surface area contributed by atoms with Gasteiger partial charge in [-0.25, -0.2) is 0 Å². The van der Waals surface area contributed by atoms with Gasteiger partial charge in [-0.3, -0.25) is 9.59 Å². The molecule has 8 heteroatoms. The summed E-state index contributed by atoms with van der Waals surface area (Å²) in [6, 6.07) is 4.04. The van der Waals surface area contributed by atoms with E-state index in [9.17, 15) is 18.4 Å². The molecule has 2 N–H and O–H groups in total. The number of ether oxygens (including phenoxy) is 2. The molecule has 26 heavy (non-hydrogen) atoms. The van der Waals surface area contributed by atoms with E-state index in [0.29, 0.717) is 24.9 Å². The summed E-state index contributed by atoms with van der Waals surface area (Å²) in [7, 11) is 0. The van der Waals surface area contributed by atoms with E-state index in [4.69, 9.17) is 4.74 Å². The average Bonchev–Trinajstić information content (AvgIpc) is 3.11. The Hall–Kier alpha value is -2.38. The molecule has 0 radical (unpaired) electrons. The summed E-state index contributed by atoms with van der Waals surface area (Å²) in [5, 5.41) is 5.54. The van der Waals surface area contributed by atoms with Gasteiger partial charge in [0.2, 0.25) is 5.91 Å². The van der Waals surface area contributed by atoms with Crippen LogP contribution in [0, 0.1) is 0 Å². The number of amides is 2. The SMILES string of the molecule is O=C1CC[C@H](NC(=O)c2ccc(OC(F)F)c(OC3CCCC3)c2)CN1. The van der Waals surface area contributed by atoms with Crippen LogP contribution >= 0.6 is 0 Å². The number of benzene rings is 1. The maximum atomic E-state index is 12.6. The fraction of sp³-hybridized carbons (Fsp3) is 0.556. The Balaban J connectivity index is 1.71. The zero-order chi connectivity index (χ0) is 18.5. The van der Waals surface area contributed by atoms with Gasteiger partial charge < -0.3 is 20.1 Å². The molecule has 1 aliphatic carbocycles. The van der Waals surface area contributed by atoms with Crippen LogP contribution in [0.4, 0.5) is 8.78 Å². The van der Waals surface area contributed by atoms with E-state index in [-0.39, 0.29) is 35.5 Å². The number of rotatable bonds is 6. The van der Waals surface area contributed by atoms with Gasteiger partial charge in [0.25, 0.3) is 5.91 Å². The van der Waals surface area contributed by atoms with Gasteiger partial charge in [-0.1, -0.05) is 0 Å². The Bertz CT molecular complexity index is 653. The lowest BCUT2D eigenvalue weighted by molar-refractivity contribution is -0.122. The van der Waals surface area contributed by atoms with Gasteiger partial charge in [0.05, 0.1) is 6.10 Å². The molecule has 2 amide bonds. The van der Waals surface area contributed by atoms with Gasteiger partial charge in [0.15, 0.2) is 11.5 Å². The molecule has 0 spiro atoms. The lowest BCUT2D eigenvalue weighted by Crippen LogP contribution is -2.47. The molecular weight excluding hydrogens is 346 g/mol. The fourth-order valence-corrected chi connectivity index (χ4v) is 3.25. The predicted octanol–water partition coefficient (Wildman–Crippen LogP) is 2.62. The van der Waals surface area contributed by atoms with E-state index < -0.39 is 6.61 Å². The van der Waals surface area contributed by atoms with E-state index in [2.05, 4.69) is 15.4 Å². The van der Waals surface area contributed by atoms with Crippen molar-refractivity contribution in [3.8, 4) is 11.5 Å². The highest BCUT2D eigenvalue weighted by atomic mass is 19.3. The first-order valence-corrected chi connectivity index (χ1v) is 8.84. The molecular formula is C18H22F2N2O4. The predicted molar refractivity (Wildman–Crippen MR) is 89.5 cm³/mol. The highest BCUT2D eigenvalue weighted by molar-refractivity contribution is 5.95. The standard InChI is InChI=1S/C18H22F2N2O4/c19-18(20)26-14-7-5-11(9-15(14)25-13-3-1-2-4-13)17(24)22-12-6-8-16(23)21-10-12/h5,7,9,12-13,18H,1-4,6,8,10H2,(H,21,23)(H,22,24)/t12-/m0/s1. The number of carbonyl (C=O) groups excluding carboxylic acids is 2. The molecule has 1 aromatic rings. The van der Waals surface area contributed by atoms with Crippen LogP contribution in [-0.4, -0.2) is 37.1 Å². The van der Waals surface area contributed by atoms with Crippen LogP contribution in [-0.2, 0) is 4.79 Å². The highest BCUT2D eigenvalue weighted by Gasteiger charge is 2.23. The first-order chi connectivity index (χ1) is 12.5. The summed E-state index contributed by atoms with van der Waals surface area (Å²) in [4.78, 5) is 23.6. The second kappa shape index (κ2) is 8.33. The maximum absolute atomic E-state index is 12.6. The van der Waals surface area contributed by atoms with Crippen LogP contribution in [0.25, 0.3) is 0 Å². The summed E-state index contributed by atoms with van der Waals surface area (Å²) >= 11 is 0. The first kappa shape index (κ1) is 18.4. The van der Waals surface area contributed by atoms with Gasteiger partial charge in [0.1, 0.15) is 0 Å². The van der Waals surface area contributed by atoms with Crippen molar-refractivity contribution < 1.29 is 27.8 Å². The van der Waals surface area contributed by atoms with E-state index in [1.165, 1.54) is 18.2 Å². The Labute approximate surface area is 150 Å². The zero-order valence-electron chi connectivity index (χ0n) is 14.3. The molecule has 142 valence electrons. The third-order valence-corrected chi connectivity index (χ3v) is 4.62. The minimum absolute atomic E-state index is 0.0313. The largest absolute Gasteiger partial charge is 0.487 e. The molecule has 2 aliphatic rings. The molecule has 1 saturated heterocycles. The molecule has 2 fully saturated rings. The number of hydrogen-bond acceptors (Lipinski definition) is 4. The van der Waals surface area contributed by atoms with Gasteiger partial charge in [0, 0.05) is 24.6 Å². The van der Waals surface area contributed by atoms with Crippen molar-refractivity contribution in [3.05, 3.63) is 23.8 Å². The number of hydrogen-bond donors (Lipinski definition) is 2. The van der Waals surface area contributed by atoms with Gasteiger partial charge in [-0.15, -0.1) is 0 Å². The smallest absolute Gasteiger partial charge is 0.387 e.